The predicted octanol–water partition coefficient (Wildman–Crippen LogP) is 4.51. The summed E-state index contributed by atoms with van der Waals surface area (Å²) in [5.41, 5.74) is 0.606. The van der Waals surface area contributed by atoms with Gasteiger partial charge in [-0.2, -0.15) is 0 Å². The second-order valence-electron chi connectivity index (χ2n) is 4.79. The van der Waals surface area contributed by atoms with Crippen LogP contribution in [0.15, 0.2) is 36.4 Å². The Morgan fingerprint density at radius 1 is 1.17 bits per heavy atom. The number of nitrogens with one attached hydrogen (secondary N) is 1. The van der Waals surface area contributed by atoms with E-state index < -0.39 is 0 Å². The number of anilines is 1. The average molecular weight is 331 g/mol. The molecule has 0 spiro atoms. The highest BCUT2D eigenvalue weighted by Gasteiger charge is 2.08. The van der Waals surface area contributed by atoms with Crippen LogP contribution in [0.1, 0.15) is 23.6 Å². The van der Waals surface area contributed by atoms with Gasteiger partial charge in [0, 0.05) is 21.9 Å². The van der Waals surface area contributed by atoms with Crippen molar-refractivity contribution in [3.05, 3.63) is 46.2 Å². The molecule has 0 saturated carbocycles. The molecule has 0 unspecified atom stereocenters. The van der Waals surface area contributed by atoms with Crippen LogP contribution in [-0.2, 0) is 4.79 Å². The lowest BCUT2D eigenvalue weighted by Crippen LogP contribution is -2.09. The minimum absolute atomic E-state index is 0.203. The lowest BCUT2D eigenvalue weighted by molar-refractivity contribution is -0.111. The molecule has 0 aliphatic rings. The van der Waals surface area contributed by atoms with E-state index in [1.165, 1.54) is 11.0 Å². The van der Waals surface area contributed by atoms with Gasteiger partial charge in [-0.15, -0.1) is 11.3 Å². The first-order valence-electron chi connectivity index (χ1n) is 7.57. The number of ether oxygens (including phenoxy) is 2. The van der Waals surface area contributed by atoms with Crippen molar-refractivity contribution in [2.45, 2.75) is 20.8 Å². The summed E-state index contributed by atoms with van der Waals surface area (Å²) in [4.78, 5) is 14.4. The van der Waals surface area contributed by atoms with Crippen LogP contribution in [-0.4, -0.2) is 19.1 Å². The van der Waals surface area contributed by atoms with Crippen molar-refractivity contribution in [3.63, 3.8) is 0 Å². The van der Waals surface area contributed by atoms with Gasteiger partial charge in [0.05, 0.1) is 18.9 Å². The van der Waals surface area contributed by atoms with E-state index in [-0.39, 0.29) is 5.91 Å². The minimum atomic E-state index is -0.203. The van der Waals surface area contributed by atoms with Gasteiger partial charge in [-0.1, -0.05) is 0 Å². The Labute approximate surface area is 140 Å². The van der Waals surface area contributed by atoms with Crippen molar-refractivity contribution in [3.8, 4) is 11.5 Å². The van der Waals surface area contributed by atoms with Crippen LogP contribution < -0.4 is 14.8 Å². The summed E-state index contributed by atoms with van der Waals surface area (Å²) in [7, 11) is 0. The summed E-state index contributed by atoms with van der Waals surface area (Å²) in [5.74, 6) is 1.12. The van der Waals surface area contributed by atoms with E-state index in [0.29, 0.717) is 30.4 Å². The first-order chi connectivity index (χ1) is 11.1. The number of hydrogen-bond acceptors (Lipinski definition) is 4. The lowest BCUT2D eigenvalue weighted by atomic mass is 10.2. The molecular weight excluding hydrogens is 310 g/mol. The zero-order valence-corrected chi connectivity index (χ0v) is 14.4. The van der Waals surface area contributed by atoms with E-state index >= 15 is 0 Å². The molecule has 5 heteroatoms. The summed E-state index contributed by atoms with van der Waals surface area (Å²) in [6, 6.07) is 9.42. The minimum Gasteiger partial charge on any atom is -0.494 e. The summed E-state index contributed by atoms with van der Waals surface area (Å²) in [6.45, 7) is 6.96. The molecule has 0 radical (unpaired) electrons. The molecule has 2 rings (SSSR count). The molecule has 0 atom stereocenters. The van der Waals surface area contributed by atoms with Crippen molar-refractivity contribution in [2.24, 2.45) is 0 Å². The molecule has 1 aromatic carbocycles. The third kappa shape index (κ3) is 5.14. The molecule has 4 nitrogen and oxygen atoms in total. The Kier molecular flexibility index (Phi) is 6.23. The molecule has 1 aromatic heterocycles. The van der Waals surface area contributed by atoms with Gasteiger partial charge >= 0.3 is 0 Å². The topological polar surface area (TPSA) is 47.6 Å². The zero-order valence-electron chi connectivity index (χ0n) is 13.6. The molecule has 0 aliphatic carbocycles. The molecule has 0 aliphatic heterocycles. The quantitative estimate of drug-likeness (QED) is 0.760. The summed E-state index contributed by atoms with van der Waals surface area (Å²) in [6.07, 6.45) is 3.33. The monoisotopic (exact) mass is 331 g/mol. The van der Waals surface area contributed by atoms with Crippen molar-refractivity contribution < 1.29 is 14.3 Å². The van der Waals surface area contributed by atoms with Gasteiger partial charge < -0.3 is 14.8 Å². The smallest absolute Gasteiger partial charge is 0.248 e. The summed E-state index contributed by atoms with van der Waals surface area (Å²) in [5, 5.41) is 2.85. The third-order valence-corrected chi connectivity index (χ3v) is 3.95. The number of benzene rings is 1. The highest BCUT2D eigenvalue weighted by Crippen LogP contribution is 2.29. The Hall–Kier alpha value is -2.27. The average Bonchev–Trinajstić information content (AvgIpc) is 2.94. The van der Waals surface area contributed by atoms with Crippen molar-refractivity contribution in [1.29, 1.82) is 0 Å². The van der Waals surface area contributed by atoms with E-state index in [0.717, 1.165) is 4.88 Å². The Bertz CT molecular complexity index is 691. The summed E-state index contributed by atoms with van der Waals surface area (Å²) < 4.78 is 11.0. The fourth-order valence-electron chi connectivity index (χ4n) is 2.02. The fourth-order valence-corrected chi connectivity index (χ4v) is 2.80. The Morgan fingerprint density at radius 2 is 1.96 bits per heavy atom. The van der Waals surface area contributed by atoms with E-state index in [1.54, 1.807) is 29.5 Å². The number of amides is 1. The number of rotatable bonds is 7. The van der Waals surface area contributed by atoms with Crippen molar-refractivity contribution in [2.75, 3.05) is 18.5 Å². The van der Waals surface area contributed by atoms with Crippen LogP contribution in [0, 0.1) is 6.92 Å². The van der Waals surface area contributed by atoms with E-state index in [9.17, 15) is 4.79 Å². The van der Waals surface area contributed by atoms with Gasteiger partial charge in [0.2, 0.25) is 5.91 Å². The first kappa shape index (κ1) is 17.1. The number of hydrogen-bond donors (Lipinski definition) is 1. The second-order valence-corrected chi connectivity index (χ2v) is 6.11. The number of carbonyl (C=O) groups excluding carboxylic acids is 1. The zero-order chi connectivity index (χ0) is 16.7. The molecule has 0 bridgehead atoms. The number of carbonyl (C=O) groups is 1. The van der Waals surface area contributed by atoms with E-state index in [2.05, 4.69) is 5.32 Å². The lowest BCUT2D eigenvalue weighted by Gasteiger charge is -2.12. The van der Waals surface area contributed by atoms with Gasteiger partial charge in [-0.3, -0.25) is 4.79 Å². The van der Waals surface area contributed by atoms with Crippen molar-refractivity contribution >= 4 is 29.0 Å². The molecule has 1 amide bonds. The second kappa shape index (κ2) is 8.39. The SMILES string of the molecule is CCOc1ccc(OCC)c(NC(=O)/C=C/c2ccc(C)s2)c1. The maximum absolute atomic E-state index is 12.1. The maximum Gasteiger partial charge on any atom is 0.248 e. The van der Waals surface area contributed by atoms with Gasteiger partial charge in [0.1, 0.15) is 11.5 Å². The molecule has 2 aromatic rings. The molecular formula is C18H21NO3S. The standard InChI is InChI=1S/C18H21NO3S/c1-4-21-14-7-10-17(22-5-2)16(12-14)19-18(20)11-9-15-8-6-13(3)23-15/h6-12H,4-5H2,1-3H3,(H,19,20)/b11-9+. The fraction of sp³-hybridized carbons (Fsp3) is 0.278. The van der Waals surface area contributed by atoms with Gasteiger partial charge in [0.25, 0.3) is 0 Å². The van der Waals surface area contributed by atoms with E-state index in [4.69, 9.17) is 9.47 Å². The maximum atomic E-state index is 12.1. The first-order valence-corrected chi connectivity index (χ1v) is 8.39. The molecule has 1 heterocycles. The Balaban J connectivity index is 2.11. The largest absolute Gasteiger partial charge is 0.494 e. The normalized spacial score (nSPS) is 10.7. The van der Waals surface area contributed by atoms with Gasteiger partial charge in [0.15, 0.2) is 0 Å². The van der Waals surface area contributed by atoms with Gasteiger partial charge in [-0.05, 0) is 51.1 Å². The number of aryl methyl sites for hydroxylation is 1. The molecule has 23 heavy (non-hydrogen) atoms. The molecule has 122 valence electrons. The Morgan fingerprint density at radius 3 is 2.61 bits per heavy atom. The van der Waals surface area contributed by atoms with E-state index in [1.807, 2.05) is 39.0 Å². The van der Waals surface area contributed by atoms with Crippen LogP contribution in [0.3, 0.4) is 0 Å². The molecule has 0 saturated heterocycles. The van der Waals surface area contributed by atoms with Crippen LogP contribution in [0.25, 0.3) is 6.08 Å². The van der Waals surface area contributed by atoms with Crippen LogP contribution in [0.2, 0.25) is 0 Å². The molecule has 1 N–H and O–H groups in total. The van der Waals surface area contributed by atoms with Crippen LogP contribution in [0.5, 0.6) is 11.5 Å². The number of thiophene rings is 1. The third-order valence-electron chi connectivity index (χ3n) is 2.98. The highest BCUT2D eigenvalue weighted by atomic mass is 32.1. The van der Waals surface area contributed by atoms with Crippen molar-refractivity contribution in [1.82, 2.24) is 0 Å². The van der Waals surface area contributed by atoms with Gasteiger partial charge in [-0.25, -0.2) is 0 Å². The predicted molar refractivity (Wildman–Crippen MR) is 95.5 cm³/mol. The molecule has 0 fully saturated rings. The summed E-state index contributed by atoms with van der Waals surface area (Å²) >= 11 is 1.64. The highest BCUT2D eigenvalue weighted by molar-refractivity contribution is 7.12. The van der Waals surface area contributed by atoms with Crippen LogP contribution >= 0.6 is 11.3 Å². The van der Waals surface area contributed by atoms with Crippen LogP contribution in [0.4, 0.5) is 5.69 Å².